The van der Waals surface area contributed by atoms with E-state index >= 15 is 0 Å². The average Bonchev–Trinajstić information content (AvgIpc) is 3.28. The highest BCUT2D eigenvalue weighted by Crippen LogP contribution is 2.54. The first-order chi connectivity index (χ1) is 19.9. The van der Waals surface area contributed by atoms with Crippen LogP contribution >= 0.6 is 11.8 Å². The molecule has 0 radical (unpaired) electrons. The molecule has 5 aromatic rings. The standard InChI is InChI=1S/C37H28N2S/c1-2-12-25(13-3-1)26-14-10-15-27(24-26)39-34-22-7-6-18-32(34)37-35(39)29-17-5-4-16-28(29)30-19-11-20-31(36(30)40-37)33-21-8-9-23-38-33/h1-22,24,30,36,38H,23H2. The first-order valence-electron chi connectivity index (χ1n) is 13.9. The molecule has 40 heavy (non-hydrogen) atoms. The van der Waals surface area contributed by atoms with Crippen LogP contribution in [0.2, 0.25) is 0 Å². The maximum absolute atomic E-state index is 3.63. The van der Waals surface area contributed by atoms with Crippen LogP contribution in [0.3, 0.4) is 0 Å². The smallest absolute Gasteiger partial charge is 0.0680 e. The van der Waals surface area contributed by atoms with E-state index in [-0.39, 0.29) is 11.2 Å². The topological polar surface area (TPSA) is 17.0 Å². The second kappa shape index (κ2) is 9.62. The Labute approximate surface area is 239 Å². The SMILES string of the molecule is C1=CCNC(C2=CC=CC3c4ccccc4-c4c(c5ccccc5n4-c4cccc(-c5ccccc5)c4)SC23)=C1. The fraction of sp³-hybridized carbons (Fsp3) is 0.0811. The highest BCUT2D eigenvalue weighted by molar-refractivity contribution is 8.00. The zero-order valence-corrected chi connectivity index (χ0v) is 22.8. The molecule has 3 heterocycles. The first kappa shape index (κ1) is 23.4. The summed E-state index contributed by atoms with van der Waals surface area (Å²) in [5, 5.41) is 5.21. The third-order valence-electron chi connectivity index (χ3n) is 8.21. The summed E-state index contributed by atoms with van der Waals surface area (Å²) >= 11 is 2.02. The number of hydrogen-bond donors (Lipinski definition) is 1. The average molecular weight is 533 g/mol. The molecule has 2 aliphatic heterocycles. The van der Waals surface area contributed by atoms with Crippen LogP contribution in [0.4, 0.5) is 0 Å². The molecule has 1 N–H and O–H groups in total. The maximum Gasteiger partial charge on any atom is 0.0680 e. The molecular weight excluding hydrogens is 504 g/mol. The number of para-hydroxylation sites is 1. The van der Waals surface area contributed by atoms with Crippen molar-refractivity contribution < 1.29 is 0 Å². The molecule has 1 aromatic heterocycles. The number of thioether (sulfide) groups is 1. The summed E-state index contributed by atoms with van der Waals surface area (Å²) in [6, 6.07) is 37.6. The highest BCUT2D eigenvalue weighted by atomic mass is 32.2. The van der Waals surface area contributed by atoms with Gasteiger partial charge < -0.3 is 9.88 Å². The van der Waals surface area contributed by atoms with Gasteiger partial charge in [-0.05, 0) is 46.5 Å². The predicted octanol–water partition coefficient (Wildman–Crippen LogP) is 9.06. The van der Waals surface area contributed by atoms with E-state index in [0.717, 1.165) is 6.54 Å². The van der Waals surface area contributed by atoms with Crippen molar-refractivity contribution in [2.45, 2.75) is 16.1 Å². The van der Waals surface area contributed by atoms with Gasteiger partial charge in [0.15, 0.2) is 0 Å². The fourth-order valence-electron chi connectivity index (χ4n) is 6.40. The van der Waals surface area contributed by atoms with E-state index in [1.54, 1.807) is 0 Å². The van der Waals surface area contributed by atoms with E-state index in [1.807, 2.05) is 11.8 Å². The lowest BCUT2D eigenvalue weighted by Gasteiger charge is -2.31. The molecule has 8 rings (SSSR count). The van der Waals surface area contributed by atoms with Crippen LogP contribution in [0.15, 0.2) is 156 Å². The second-order valence-electron chi connectivity index (χ2n) is 10.5. The predicted molar refractivity (Wildman–Crippen MR) is 169 cm³/mol. The van der Waals surface area contributed by atoms with Gasteiger partial charge in [0.1, 0.15) is 0 Å². The minimum Gasteiger partial charge on any atom is -0.381 e. The number of allylic oxidation sites excluding steroid dienone is 6. The summed E-state index contributed by atoms with van der Waals surface area (Å²) < 4.78 is 2.49. The Kier molecular flexibility index (Phi) is 5.63. The molecule has 2 nitrogen and oxygen atoms in total. The quantitative estimate of drug-likeness (QED) is 0.250. The molecule has 4 aromatic carbocycles. The number of aromatic nitrogens is 1. The normalized spacial score (nSPS) is 19.1. The maximum atomic E-state index is 3.63. The first-order valence-corrected chi connectivity index (χ1v) is 14.8. The van der Waals surface area contributed by atoms with Gasteiger partial charge >= 0.3 is 0 Å². The molecule has 0 saturated carbocycles. The molecule has 192 valence electrons. The van der Waals surface area contributed by atoms with Gasteiger partial charge in [-0.15, -0.1) is 11.8 Å². The van der Waals surface area contributed by atoms with Crippen LogP contribution in [0, 0.1) is 0 Å². The minimum atomic E-state index is 0.271. The van der Waals surface area contributed by atoms with Crippen LogP contribution in [-0.2, 0) is 0 Å². The number of hydrogen-bond acceptors (Lipinski definition) is 2. The van der Waals surface area contributed by atoms with Gasteiger partial charge in [0.25, 0.3) is 0 Å². The van der Waals surface area contributed by atoms with Crippen molar-refractivity contribution >= 4 is 22.7 Å². The van der Waals surface area contributed by atoms with Gasteiger partial charge in [0, 0.05) is 44.9 Å². The summed E-state index contributed by atoms with van der Waals surface area (Å²) in [4.78, 5) is 1.36. The Hall–Kier alpha value is -4.47. The Balaban J connectivity index is 1.39. The highest BCUT2D eigenvalue weighted by Gasteiger charge is 2.37. The van der Waals surface area contributed by atoms with Crippen molar-refractivity contribution in [3.63, 3.8) is 0 Å². The molecule has 0 spiro atoms. The lowest BCUT2D eigenvalue weighted by atomic mass is 9.83. The Morgan fingerprint density at radius 3 is 2.48 bits per heavy atom. The van der Waals surface area contributed by atoms with E-state index < -0.39 is 0 Å². The third kappa shape index (κ3) is 3.73. The number of nitrogens with zero attached hydrogens (tertiary/aromatic N) is 1. The van der Waals surface area contributed by atoms with Crippen molar-refractivity contribution in [3.8, 4) is 28.1 Å². The number of benzene rings is 4. The fourth-order valence-corrected chi connectivity index (χ4v) is 7.98. The zero-order valence-electron chi connectivity index (χ0n) is 22.0. The van der Waals surface area contributed by atoms with Crippen molar-refractivity contribution in [1.82, 2.24) is 9.88 Å². The van der Waals surface area contributed by atoms with E-state index in [4.69, 9.17) is 0 Å². The Morgan fingerprint density at radius 2 is 1.57 bits per heavy atom. The molecular formula is C37H28N2S. The molecule has 2 unspecified atom stereocenters. The van der Waals surface area contributed by atoms with Crippen LogP contribution < -0.4 is 5.32 Å². The minimum absolute atomic E-state index is 0.271. The molecule has 1 aliphatic carbocycles. The van der Waals surface area contributed by atoms with Crippen LogP contribution in [0.1, 0.15) is 11.5 Å². The summed E-state index contributed by atoms with van der Waals surface area (Å²) in [6.45, 7) is 0.869. The largest absolute Gasteiger partial charge is 0.381 e. The van der Waals surface area contributed by atoms with Crippen LogP contribution in [-0.4, -0.2) is 16.4 Å². The number of fused-ring (bicyclic) bond motifs is 7. The van der Waals surface area contributed by atoms with Crippen LogP contribution in [0.5, 0.6) is 0 Å². The molecule has 3 heteroatoms. The molecule has 0 fully saturated rings. The van der Waals surface area contributed by atoms with Gasteiger partial charge in [-0.25, -0.2) is 0 Å². The number of rotatable bonds is 3. The molecule has 3 aliphatic rings. The molecule has 0 bridgehead atoms. The monoisotopic (exact) mass is 532 g/mol. The third-order valence-corrected chi connectivity index (χ3v) is 9.66. The van der Waals surface area contributed by atoms with Crippen molar-refractivity contribution in [2.75, 3.05) is 6.54 Å². The van der Waals surface area contributed by atoms with E-state index in [2.05, 4.69) is 149 Å². The molecule has 0 amide bonds. The lowest BCUT2D eigenvalue weighted by molar-refractivity contribution is 0.800. The van der Waals surface area contributed by atoms with Crippen LogP contribution in [0.25, 0.3) is 39.0 Å². The van der Waals surface area contributed by atoms with Gasteiger partial charge in [-0.2, -0.15) is 0 Å². The van der Waals surface area contributed by atoms with Gasteiger partial charge in [-0.1, -0.05) is 115 Å². The summed E-state index contributed by atoms with van der Waals surface area (Å²) in [6.07, 6.45) is 13.5. The van der Waals surface area contributed by atoms with E-state index in [0.29, 0.717) is 0 Å². The summed E-state index contributed by atoms with van der Waals surface area (Å²) in [7, 11) is 0. The van der Waals surface area contributed by atoms with Crippen molar-refractivity contribution in [3.05, 3.63) is 156 Å². The second-order valence-corrected chi connectivity index (χ2v) is 11.6. The van der Waals surface area contributed by atoms with Gasteiger partial charge in [0.2, 0.25) is 0 Å². The lowest BCUT2D eigenvalue weighted by Crippen LogP contribution is -2.26. The number of dihydropyridines is 1. The van der Waals surface area contributed by atoms with Crippen molar-refractivity contribution in [1.29, 1.82) is 0 Å². The summed E-state index contributed by atoms with van der Waals surface area (Å²) in [5.41, 5.74) is 11.5. The van der Waals surface area contributed by atoms with Gasteiger partial charge in [0.05, 0.1) is 11.2 Å². The molecule has 0 saturated heterocycles. The number of nitrogens with one attached hydrogen (secondary N) is 1. The Bertz CT molecular complexity index is 1890. The van der Waals surface area contributed by atoms with Crippen molar-refractivity contribution in [2.24, 2.45) is 0 Å². The van der Waals surface area contributed by atoms with E-state index in [1.165, 1.54) is 60.7 Å². The van der Waals surface area contributed by atoms with E-state index in [9.17, 15) is 0 Å². The molecule has 2 atom stereocenters. The van der Waals surface area contributed by atoms with Gasteiger partial charge in [-0.3, -0.25) is 0 Å². The zero-order chi connectivity index (χ0) is 26.5. The summed E-state index contributed by atoms with van der Waals surface area (Å²) in [5.74, 6) is 0.282. The Morgan fingerprint density at radius 1 is 0.750 bits per heavy atom.